The van der Waals surface area contributed by atoms with Gasteiger partial charge >= 0.3 is 11.9 Å². The summed E-state index contributed by atoms with van der Waals surface area (Å²) < 4.78 is 55.2. The van der Waals surface area contributed by atoms with Crippen LogP contribution >= 0.6 is 15.9 Å². The molecule has 1 fully saturated rings. The largest absolute Gasteiger partial charge is 0.452 e. The number of hydrogen-bond donors (Lipinski definition) is 0. The maximum Gasteiger partial charge on any atom is 0.338 e. The van der Waals surface area contributed by atoms with E-state index in [9.17, 15) is 18.0 Å². The van der Waals surface area contributed by atoms with E-state index in [0.29, 0.717) is 0 Å². The van der Waals surface area contributed by atoms with Gasteiger partial charge in [0.25, 0.3) is 10.1 Å². The number of methoxy groups -OCH3 is 1. The zero-order valence-electron chi connectivity index (χ0n) is 21.1. The molecule has 0 radical (unpaired) electrons. The second-order valence-corrected chi connectivity index (χ2v) is 11.0. The van der Waals surface area contributed by atoms with Crippen LogP contribution in [0, 0.1) is 6.92 Å². The van der Waals surface area contributed by atoms with E-state index < -0.39 is 52.8 Å². The topological polar surface area (TPSA) is 114 Å². The van der Waals surface area contributed by atoms with E-state index in [1.165, 1.54) is 19.2 Å². The summed E-state index contributed by atoms with van der Waals surface area (Å²) in [6, 6.07) is 22.4. The average Bonchev–Trinajstić information content (AvgIpc) is 2.95. The Morgan fingerprint density at radius 1 is 0.795 bits per heavy atom. The van der Waals surface area contributed by atoms with Crippen LogP contribution in [0.3, 0.4) is 0 Å². The minimum atomic E-state index is -4.35. The van der Waals surface area contributed by atoms with Crippen molar-refractivity contribution < 1.29 is 41.1 Å². The summed E-state index contributed by atoms with van der Waals surface area (Å²) >= 11 is 3.32. The Labute approximate surface area is 235 Å². The Morgan fingerprint density at radius 2 is 1.31 bits per heavy atom. The van der Waals surface area contributed by atoms with Crippen LogP contribution in [-0.2, 0) is 33.2 Å². The second kappa shape index (κ2) is 12.8. The SMILES string of the molecule is CO[C@H]1O[C@H](CBr)[C@@H](OS(=O)(=O)c2ccc(C)cc2)[C@H](OC(=O)c2ccccc2)[C@H]1OC(=O)c1ccccc1. The highest BCUT2D eigenvalue weighted by atomic mass is 79.9. The third-order valence-electron chi connectivity index (χ3n) is 6.03. The summed E-state index contributed by atoms with van der Waals surface area (Å²) in [7, 11) is -3.02. The monoisotopic (exact) mass is 618 g/mol. The summed E-state index contributed by atoms with van der Waals surface area (Å²) in [5, 5.41) is 0.0969. The van der Waals surface area contributed by atoms with Crippen LogP contribution in [0.1, 0.15) is 26.3 Å². The highest BCUT2D eigenvalue weighted by Gasteiger charge is 2.53. The number of hydrogen-bond acceptors (Lipinski definition) is 9. The minimum absolute atomic E-state index is 0.0961. The first kappa shape index (κ1) is 28.9. The first-order valence-corrected chi connectivity index (χ1v) is 14.5. The number of benzene rings is 3. The molecule has 1 saturated heterocycles. The van der Waals surface area contributed by atoms with Crippen LogP contribution < -0.4 is 0 Å². The van der Waals surface area contributed by atoms with Crippen LogP contribution in [0.4, 0.5) is 0 Å². The summed E-state index contributed by atoms with van der Waals surface area (Å²) in [6.07, 6.45) is -6.36. The smallest absolute Gasteiger partial charge is 0.338 e. The molecule has 11 heteroatoms. The number of rotatable bonds is 9. The van der Waals surface area contributed by atoms with Gasteiger partial charge in [0.05, 0.1) is 16.0 Å². The first-order valence-electron chi connectivity index (χ1n) is 12.0. The fraction of sp³-hybridized carbons (Fsp3) is 0.286. The van der Waals surface area contributed by atoms with E-state index in [4.69, 9.17) is 23.1 Å². The Morgan fingerprint density at radius 3 is 1.79 bits per heavy atom. The normalized spacial score (nSPS) is 23.1. The molecule has 0 spiro atoms. The number of halogens is 1. The Balaban J connectivity index is 1.73. The molecule has 9 nitrogen and oxygen atoms in total. The van der Waals surface area contributed by atoms with Crippen molar-refractivity contribution in [2.24, 2.45) is 0 Å². The fourth-order valence-electron chi connectivity index (χ4n) is 4.01. The number of carbonyl (C=O) groups is 2. The molecule has 0 amide bonds. The van der Waals surface area contributed by atoms with Gasteiger partial charge in [0, 0.05) is 12.4 Å². The van der Waals surface area contributed by atoms with Crippen molar-refractivity contribution in [2.45, 2.75) is 42.5 Å². The maximum absolute atomic E-state index is 13.3. The molecule has 5 atom stereocenters. The lowest BCUT2D eigenvalue weighted by Crippen LogP contribution is -2.62. The summed E-state index contributed by atoms with van der Waals surface area (Å²) in [6.45, 7) is 1.82. The van der Waals surface area contributed by atoms with E-state index in [1.54, 1.807) is 72.8 Å². The van der Waals surface area contributed by atoms with Crippen molar-refractivity contribution in [3.05, 3.63) is 102 Å². The van der Waals surface area contributed by atoms with Crippen molar-refractivity contribution in [3.8, 4) is 0 Å². The third kappa shape index (κ3) is 6.92. The van der Waals surface area contributed by atoms with E-state index in [-0.39, 0.29) is 21.4 Å². The molecule has 1 aliphatic heterocycles. The van der Waals surface area contributed by atoms with Crippen molar-refractivity contribution in [1.29, 1.82) is 0 Å². The molecule has 0 N–H and O–H groups in total. The van der Waals surface area contributed by atoms with Gasteiger partial charge in [0.2, 0.25) is 0 Å². The van der Waals surface area contributed by atoms with Crippen molar-refractivity contribution >= 4 is 38.0 Å². The fourth-order valence-corrected chi connectivity index (χ4v) is 5.63. The molecule has 4 rings (SSSR count). The highest BCUT2D eigenvalue weighted by Crippen LogP contribution is 2.33. The number of alkyl halides is 1. The lowest BCUT2D eigenvalue weighted by atomic mass is 9.99. The highest BCUT2D eigenvalue weighted by molar-refractivity contribution is 9.09. The van der Waals surface area contributed by atoms with Gasteiger partial charge in [-0.2, -0.15) is 8.42 Å². The van der Waals surface area contributed by atoms with E-state index in [2.05, 4.69) is 15.9 Å². The zero-order valence-corrected chi connectivity index (χ0v) is 23.5. The van der Waals surface area contributed by atoms with Gasteiger partial charge in [-0.1, -0.05) is 70.0 Å². The lowest BCUT2D eigenvalue weighted by molar-refractivity contribution is -0.278. The molecule has 0 saturated carbocycles. The van der Waals surface area contributed by atoms with Crippen LogP contribution in [0.25, 0.3) is 0 Å². The van der Waals surface area contributed by atoms with Crippen molar-refractivity contribution in [1.82, 2.24) is 0 Å². The molecule has 1 aliphatic rings. The molecule has 0 bridgehead atoms. The lowest BCUT2D eigenvalue weighted by Gasteiger charge is -2.43. The van der Waals surface area contributed by atoms with Gasteiger partial charge in [-0.05, 0) is 43.3 Å². The van der Waals surface area contributed by atoms with Gasteiger partial charge < -0.3 is 18.9 Å². The molecular weight excluding hydrogens is 592 g/mol. The molecule has 0 unspecified atom stereocenters. The number of carbonyl (C=O) groups excluding carboxylic acids is 2. The predicted octanol–water partition coefficient (Wildman–Crippen LogP) is 4.29. The minimum Gasteiger partial charge on any atom is -0.452 e. The summed E-state index contributed by atoms with van der Waals surface area (Å²) in [4.78, 5) is 26.1. The molecule has 0 aromatic heterocycles. The molecular formula is C28H27BrO9S. The van der Waals surface area contributed by atoms with Gasteiger partial charge in [-0.25, -0.2) is 9.59 Å². The van der Waals surface area contributed by atoms with Gasteiger partial charge in [-0.3, -0.25) is 4.18 Å². The van der Waals surface area contributed by atoms with Crippen LogP contribution in [0.2, 0.25) is 0 Å². The molecule has 3 aromatic carbocycles. The van der Waals surface area contributed by atoms with Gasteiger partial charge in [0.15, 0.2) is 18.5 Å². The predicted molar refractivity (Wildman–Crippen MR) is 144 cm³/mol. The van der Waals surface area contributed by atoms with Crippen molar-refractivity contribution in [2.75, 3.05) is 12.4 Å². The average molecular weight is 619 g/mol. The number of ether oxygens (including phenoxy) is 4. The molecule has 39 heavy (non-hydrogen) atoms. The van der Waals surface area contributed by atoms with Gasteiger partial charge in [0.1, 0.15) is 12.2 Å². The standard InChI is InChI=1S/C28H27BrO9S/c1-18-13-15-21(16-14-18)39(32,33)38-23-22(17-29)35-28(34-2)25(37-27(31)20-11-7-4-8-12-20)24(23)36-26(30)19-9-5-3-6-10-19/h3-16,22-25,28H,17H2,1-2H3/t22-,23-,24+,25-,28+/m1/s1. The Bertz CT molecular complexity index is 1370. The Kier molecular flexibility index (Phi) is 9.52. The Hall–Kier alpha value is -3.09. The number of aryl methyl sites for hydroxylation is 1. The van der Waals surface area contributed by atoms with Gasteiger partial charge in [-0.15, -0.1) is 0 Å². The molecule has 206 valence electrons. The second-order valence-electron chi connectivity index (χ2n) is 8.73. The van der Waals surface area contributed by atoms with Crippen LogP contribution in [0.15, 0.2) is 89.8 Å². The van der Waals surface area contributed by atoms with E-state index in [1.807, 2.05) is 6.92 Å². The quantitative estimate of drug-likeness (QED) is 0.197. The maximum atomic E-state index is 13.3. The summed E-state index contributed by atoms with van der Waals surface area (Å²) in [5.74, 6) is -1.52. The third-order valence-corrected chi connectivity index (χ3v) is 7.99. The zero-order chi connectivity index (χ0) is 28.0. The molecule has 3 aromatic rings. The molecule has 1 heterocycles. The van der Waals surface area contributed by atoms with Crippen LogP contribution in [-0.4, -0.2) is 63.5 Å². The van der Waals surface area contributed by atoms with Crippen molar-refractivity contribution in [3.63, 3.8) is 0 Å². The van der Waals surface area contributed by atoms with E-state index >= 15 is 0 Å². The molecule has 0 aliphatic carbocycles. The van der Waals surface area contributed by atoms with E-state index in [0.717, 1.165) is 5.56 Å². The van der Waals surface area contributed by atoms with Crippen LogP contribution in [0.5, 0.6) is 0 Å². The number of esters is 2. The summed E-state index contributed by atoms with van der Waals surface area (Å²) in [5.41, 5.74) is 1.30. The first-order chi connectivity index (χ1) is 18.7.